The van der Waals surface area contributed by atoms with E-state index in [1.54, 1.807) is 0 Å². The lowest BCUT2D eigenvalue weighted by Gasteiger charge is -2.30. The van der Waals surface area contributed by atoms with Crippen LogP contribution in [0.5, 0.6) is 0 Å². The average molecular weight is 466 g/mol. The second-order valence-electron chi connectivity index (χ2n) is 6.18. The SMILES string of the molecule is CCNC(=NCc1ccn(C)c1)NC1CCCC(S(=O)CC)C1.I. The fraction of sp³-hybridized carbons (Fsp3) is 0.706. The lowest BCUT2D eigenvalue weighted by atomic mass is 9.95. The average Bonchev–Trinajstić information content (AvgIpc) is 2.98. The van der Waals surface area contributed by atoms with Crippen LogP contribution in [0, 0.1) is 0 Å². The molecule has 0 saturated heterocycles. The molecule has 138 valence electrons. The second kappa shape index (κ2) is 11.1. The summed E-state index contributed by atoms with van der Waals surface area (Å²) < 4.78 is 14.1. The number of aromatic nitrogens is 1. The molecule has 3 unspecified atom stereocenters. The molecule has 0 aromatic carbocycles. The molecule has 1 aromatic rings. The largest absolute Gasteiger partial charge is 0.357 e. The van der Waals surface area contributed by atoms with Crippen LogP contribution in [-0.4, -0.2) is 38.3 Å². The molecule has 2 N–H and O–H groups in total. The predicted molar refractivity (Wildman–Crippen MR) is 114 cm³/mol. The summed E-state index contributed by atoms with van der Waals surface area (Å²) in [7, 11) is 1.33. The first-order valence-corrected chi connectivity index (χ1v) is 10.0. The maximum Gasteiger partial charge on any atom is 0.191 e. The Morgan fingerprint density at radius 2 is 2.21 bits per heavy atom. The van der Waals surface area contributed by atoms with Gasteiger partial charge in [0.15, 0.2) is 5.96 Å². The molecular weight excluding hydrogens is 435 g/mol. The predicted octanol–water partition coefficient (Wildman–Crippen LogP) is 2.78. The minimum Gasteiger partial charge on any atom is -0.357 e. The van der Waals surface area contributed by atoms with E-state index >= 15 is 0 Å². The summed E-state index contributed by atoms with van der Waals surface area (Å²) >= 11 is 0. The number of aryl methyl sites for hydroxylation is 1. The van der Waals surface area contributed by atoms with Gasteiger partial charge in [-0.3, -0.25) is 4.21 Å². The molecular formula is C17H31IN4OS. The highest BCUT2D eigenvalue weighted by atomic mass is 127. The molecule has 5 nitrogen and oxygen atoms in total. The lowest BCUT2D eigenvalue weighted by Crippen LogP contribution is -2.46. The van der Waals surface area contributed by atoms with Crippen LogP contribution in [-0.2, 0) is 24.4 Å². The van der Waals surface area contributed by atoms with Gasteiger partial charge in [-0.05, 0) is 37.8 Å². The van der Waals surface area contributed by atoms with E-state index in [1.165, 1.54) is 5.56 Å². The van der Waals surface area contributed by atoms with Crippen molar-refractivity contribution in [3.8, 4) is 0 Å². The maximum atomic E-state index is 12.1. The molecule has 1 aromatic heterocycles. The Morgan fingerprint density at radius 1 is 1.42 bits per heavy atom. The van der Waals surface area contributed by atoms with Gasteiger partial charge in [0.05, 0.1) is 6.54 Å². The molecule has 0 radical (unpaired) electrons. The van der Waals surface area contributed by atoms with Crippen molar-refractivity contribution in [3.63, 3.8) is 0 Å². The summed E-state index contributed by atoms with van der Waals surface area (Å²) in [5.41, 5.74) is 1.21. The van der Waals surface area contributed by atoms with E-state index in [0.29, 0.717) is 17.8 Å². The first-order valence-electron chi connectivity index (χ1n) is 8.65. The molecule has 7 heteroatoms. The summed E-state index contributed by atoms with van der Waals surface area (Å²) in [5, 5.41) is 7.20. The van der Waals surface area contributed by atoms with Crippen molar-refractivity contribution in [2.75, 3.05) is 12.3 Å². The third-order valence-corrected chi connectivity index (χ3v) is 6.02. The zero-order valence-electron chi connectivity index (χ0n) is 15.0. The highest BCUT2D eigenvalue weighted by Crippen LogP contribution is 2.23. The standard InChI is InChI=1S/C17H30N4OS.HI/c1-4-18-17(19-12-14-9-10-21(3)13-14)20-15-7-6-8-16(11-15)23(22)5-2;/h9-10,13,15-16H,4-8,11-12H2,1-3H3,(H2,18,19,20);1H. The van der Waals surface area contributed by atoms with Crippen LogP contribution in [0.2, 0.25) is 0 Å². The van der Waals surface area contributed by atoms with Crippen LogP contribution in [0.15, 0.2) is 23.5 Å². The Morgan fingerprint density at radius 3 is 2.83 bits per heavy atom. The van der Waals surface area contributed by atoms with Gasteiger partial charge < -0.3 is 15.2 Å². The van der Waals surface area contributed by atoms with Gasteiger partial charge in [-0.1, -0.05) is 13.3 Å². The summed E-state index contributed by atoms with van der Waals surface area (Å²) in [6.07, 6.45) is 8.48. The third kappa shape index (κ3) is 6.74. The topological polar surface area (TPSA) is 58.4 Å². The van der Waals surface area contributed by atoms with E-state index in [-0.39, 0.29) is 24.0 Å². The molecule has 1 fully saturated rings. The van der Waals surface area contributed by atoms with Gasteiger partial charge in [0.2, 0.25) is 0 Å². The second-order valence-corrected chi connectivity index (χ2v) is 8.19. The number of nitrogens with one attached hydrogen (secondary N) is 2. The molecule has 0 amide bonds. The summed E-state index contributed by atoms with van der Waals surface area (Å²) in [4.78, 5) is 4.69. The van der Waals surface area contributed by atoms with E-state index in [1.807, 2.05) is 24.7 Å². The van der Waals surface area contributed by atoms with Crippen molar-refractivity contribution in [3.05, 3.63) is 24.0 Å². The summed E-state index contributed by atoms with van der Waals surface area (Å²) in [5.74, 6) is 1.63. The highest BCUT2D eigenvalue weighted by molar-refractivity contribution is 14.0. The van der Waals surface area contributed by atoms with Gasteiger partial charge in [-0.2, -0.15) is 0 Å². The molecule has 1 heterocycles. The molecule has 24 heavy (non-hydrogen) atoms. The first-order chi connectivity index (χ1) is 11.1. The Labute approximate surface area is 165 Å². The van der Waals surface area contributed by atoms with Gasteiger partial charge in [0, 0.05) is 53.8 Å². The Kier molecular flexibility index (Phi) is 9.95. The Bertz CT molecular complexity index is 546. The van der Waals surface area contributed by atoms with Crippen LogP contribution in [0.25, 0.3) is 0 Å². The molecule has 0 spiro atoms. The molecule has 1 aliphatic rings. The fourth-order valence-electron chi connectivity index (χ4n) is 3.09. The van der Waals surface area contributed by atoms with E-state index in [4.69, 9.17) is 0 Å². The van der Waals surface area contributed by atoms with Crippen molar-refractivity contribution >= 4 is 40.7 Å². The number of halogens is 1. The number of aliphatic imine (C=N–C) groups is 1. The monoisotopic (exact) mass is 466 g/mol. The first kappa shape index (κ1) is 21.5. The number of guanidine groups is 1. The Hall–Kier alpha value is -0.570. The molecule has 2 rings (SSSR count). The number of rotatable bonds is 6. The highest BCUT2D eigenvalue weighted by Gasteiger charge is 2.25. The molecule has 1 aliphatic carbocycles. The smallest absolute Gasteiger partial charge is 0.191 e. The minimum atomic E-state index is -0.686. The number of hydrogen-bond acceptors (Lipinski definition) is 2. The van der Waals surface area contributed by atoms with E-state index in [0.717, 1.165) is 43.9 Å². The fourth-order valence-corrected chi connectivity index (χ4v) is 4.44. The van der Waals surface area contributed by atoms with Crippen molar-refractivity contribution in [2.24, 2.45) is 12.0 Å². The quantitative estimate of drug-likeness (QED) is 0.385. The van der Waals surface area contributed by atoms with Crippen LogP contribution in [0.4, 0.5) is 0 Å². The Balaban J connectivity index is 0.00000288. The van der Waals surface area contributed by atoms with Crippen molar-refractivity contribution in [1.82, 2.24) is 15.2 Å². The minimum absolute atomic E-state index is 0. The number of hydrogen-bond donors (Lipinski definition) is 2. The van der Waals surface area contributed by atoms with Gasteiger partial charge in [-0.25, -0.2) is 4.99 Å². The zero-order valence-corrected chi connectivity index (χ0v) is 18.1. The molecule has 0 aliphatic heterocycles. The van der Waals surface area contributed by atoms with E-state index in [2.05, 4.69) is 34.8 Å². The van der Waals surface area contributed by atoms with Crippen LogP contribution < -0.4 is 10.6 Å². The lowest BCUT2D eigenvalue weighted by molar-refractivity contribution is 0.413. The van der Waals surface area contributed by atoms with Crippen molar-refractivity contribution < 1.29 is 4.21 Å². The van der Waals surface area contributed by atoms with Gasteiger partial charge in [-0.15, -0.1) is 24.0 Å². The normalized spacial score (nSPS) is 22.5. The van der Waals surface area contributed by atoms with Gasteiger partial charge >= 0.3 is 0 Å². The summed E-state index contributed by atoms with van der Waals surface area (Å²) in [6.45, 7) is 5.61. The van der Waals surface area contributed by atoms with Gasteiger partial charge in [0.1, 0.15) is 0 Å². The third-order valence-electron chi connectivity index (χ3n) is 4.28. The molecule has 1 saturated carbocycles. The van der Waals surface area contributed by atoms with Crippen LogP contribution in [0.1, 0.15) is 45.1 Å². The van der Waals surface area contributed by atoms with Crippen molar-refractivity contribution in [2.45, 2.75) is 57.4 Å². The van der Waals surface area contributed by atoms with E-state index in [9.17, 15) is 4.21 Å². The van der Waals surface area contributed by atoms with Crippen LogP contribution >= 0.6 is 24.0 Å². The van der Waals surface area contributed by atoms with Crippen molar-refractivity contribution in [1.29, 1.82) is 0 Å². The molecule has 3 atom stereocenters. The number of nitrogens with zero attached hydrogens (tertiary/aromatic N) is 2. The van der Waals surface area contributed by atoms with Crippen LogP contribution in [0.3, 0.4) is 0 Å². The van der Waals surface area contributed by atoms with Gasteiger partial charge in [0.25, 0.3) is 0 Å². The zero-order chi connectivity index (χ0) is 16.7. The van der Waals surface area contributed by atoms with E-state index < -0.39 is 10.8 Å². The summed E-state index contributed by atoms with van der Waals surface area (Å²) in [6, 6.07) is 2.46. The molecule has 0 bridgehead atoms. The maximum absolute atomic E-state index is 12.1.